The summed E-state index contributed by atoms with van der Waals surface area (Å²) in [6.45, 7) is 1.88. The van der Waals surface area contributed by atoms with Crippen LogP contribution in [0.5, 0.6) is 0 Å². The lowest BCUT2D eigenvalue weighted by Crippen LogP contribution is -2.54. The zero-order valence-corrected chi connectivity index (χ0v) is 9.79. The van der Waals surface area contributed by atoms with Gasteiger partial charge in [0.2, 0.25) is 0 Å². The van der Waals surface area contributed by atoms with E-state index in [-0.39, 0.29) is 6.04 Å². The van der Waals surface area contributed by atoms with E-state index in [1.165, 1.54) is 0 Å². The molecule has 0 aliphatic heterocycles. The van der Waals surface area contributed by atoms with E-state index in [1.54, 1.807) is 18.2 Å². The normalized spacial score (nSPS) is 28.6. The minimum atomic E-state index is -0.798. The van der Waals surface area contributed by atoms with Gasteiger partial charge in [0, 0.05) is 11.1 Å². The van der Waals surface area contributed by atoms with Crippen molar-refractivity contribution >= 4 is 17.6 Å². The van der Waals surface area contributed by atoms with Crippen molar-refractivity contribution in [2.75, 3.05) is 0 Å². The van der Waals surface area contributed by atoms with E-state index in [0.717, 1.165) is 11.1 Å². The first-order valence-electron chi connectivity index (χ1n) is 5.21. The van der Waals surface area contributed by atoms with Crippen molar-refractivity contribution < 1.29 is 9.90 Å². The lowest BCUT2D eigenvalue weighted by molar-refractivity contribution is -0.148. The molecule has 0 heterocycles. The molecule has 2 rings (SSSR count). The molecule has 0 aromatic heterocycles. The number of benzene rings is 1. The topological polar surface area (TPSA) is 63.3 Å². The third-order valence-corrected chi connectivity index (χ3v) is 3.57. The highest BCUT2D eigenvalue weighted by molar-refractivity contribution is 6.30. The molecule has 1 aliphatic rings. The lowest BCUT2D eigenvalue weighted by atomic mass is 9.61. The van der Waals surface area contributed by atoms with E-state index >= 15 is 0 Å². The molecule has 0 bridgehead atoms. The first-order chi connectivity index (χ1) is 7.45. The minimum Gasteiger partial charge on any atom is -0.481 e. The molecular weight excluding hydrogens is 226 g/mol. The Morgan fingerprint density at radius 1 is 1.56 bits per heavy atom. The van der Waals surface area contributed by atoms with Gasteiger partial charge >= 0.3 is 5.97 Å². The fourth-order valence-electron chi connectivity index (χ4n) is 2.51. The SMILES string of the molecule is Cc1cc(Cl)ccc1C1(C(=O)O)CC(N)C1. The van der Waals surface area contributed by atoms with Gasteiger partial charge in [-0.3, -0.25) is 4.79 Å². The molecule has 1 fully saturated rings. The molecule has 0 amide bonds. The van der Waals surface area contributed by atoms with Gasteiger partial charge in [-0.2, -0.15) is 0 Å². The van der Waals surface area contributed by atoms with Crippen LogP contribution >= 0.6 is 11.6 Å². The van der Waals surface area contributed by atoms with Crippen LogP contribution in [0.15, 0.2) is 18.2 Å². The summed E-state index contributed by atoms with van der Waals surface area (Å²) in [6.07, 6.45) is 1.01. The highest BCUT2D eigenvalue weighted by Gasteiger charge is 2.51. The average molecular weight is 240 g/mol. The van der Waals surface area contributed by atoms with Crippen molar-refractivity contribution in [2.24, 2.45) is 5.73 Å². The van der Waals surface area contributed by atoms with E-state index in [0.29, 0.717) is 17.9 Å². The van der Waals surface area contributed by atoms with Gasteiger partial charge in [0.1, 0.15) is 0 Å². The number of aliphatic carboxylic acids is 1. The number of carbonyl (C=O) groups is 1. The van der Waals surface area contributed by atoms with Crippen molar-refractivity contribution in [1.29, 1.82) is 0 Å². The fourth-order valence-corrected chi connectivity index (χ4v) is 2.74. The predicted octanol–water partition coefficient (Wildman–Crippen LogP) is 2.09. The summed E-state index contributed by atoms with van der Waals surface area (Å²) >= 11 is 5.86. The molecular formula is C12H14ClNO2. The second kappa shape index (κ2) is 3.75. The number of rotatable bonds is 2. The number of nitrogens with two attached hydrogens (primary N) is 1. The summed E-state index contributed by atoms with van der Waals surface area (Å²) in [5, 5.41) is 9.99. The molecule has 0 spiro atoms. The van der Waals surface area contributed by atoms with E-state index in [2.05, 4.69) is 0 Å². The maximum atomic E-state index is 11.4. The molecule has 0 saturated heterocycles. The molecule has 1 aromatic carbocycles. The number of halogens is 1. The summed E-state index contributed by atoms with van der Waals surface area (Å²) in [7, 11) is 0. The largest absolute Gasteiger partial charge is 0.481 e. The van der Waals surface area contributed by atoms with Gasteiger partial charge in [0.25, 0.3) is 0 Å². The van der Waals surface area contributed by atoms with Crippen molar-refractivity contribution in [1.82, 2.24) is 0 Å². The predicted molar refractivity (Wildman–Crippen MR) is 62.7 cm³/mol. The van der Waals surface area contributed by atoms with Crippen LogP contribution in [-0.4, -0.2) is 17.1 Å². The summed E-state index contributed by atoms with van der Waals surface area (Å²) in [4.78, 5) is 11.4. The standard InChI is InChI=1S/C12H14ClNO2/c1-7-4-8(13)2-3-10(7)12(11(15)16)5-9(14)6-12/h2-4,9H,5-6,14H2,1H3,(H,15,16). The Bertz CT molecular complexity index is 439. The zero-order chi connectivity index (χ0) is 11.9. The van der Waals surface area contributed by atoms with E-state index < -0.39 is 11.4 Å². The molecule has 1 saturated carbocycles. The van der Waals surface area contributed by atoms with Crippen molar-refractivity contribution in [3.63, 3.8) is 0 Å². The molecule has 0 atom stereocenters. The van der Waals surface area contributed by atoms with Crippen LogP contribution in [0.25, 0.3) is 0 Å². The van der Waals surface area contributed by atoms with E-state index in [4.69, 9.17) is 17.3 Å². The smallest absolute Gasteiger partial charge is 0.314 e. The monoisotopic (exact) mass is 239 g/mol. The quantitative estimate of drug-likeness (QED) is 0.831. The molecule has 1 aliphatic carbocycles. The highest BCUT2D eigenvalue weighted by atomic mass is 35.5. The zero-order valence-electron chi connectivity index (χ0n) is 9.03. The maximum absolute atomic E-state index is 11.4. The van der Waals surface area contributed by atoms with Gasteiger partial charge in [-0.15, -0.1) is 0 Å². The van der Waals surface area contributed by atoms with Crippen LogP contribution in [0.1, 0.15) is 24.0 Å². The highest BCUT2D eigenvalue weighted by Crippen LogP contribution is 2.44. The lowest BCUT2D eigenvalue weighted by Gasteiger charge is -2.43. The van der Waals surface area contributed by atoms with Crippen LogP contribution in [0.3, 0.4) is 0 Å². The molecule has 4 heteroatoms. The third-order valence-electron chi connectivity index (χ3n) is 3.33. The molecule has 16 heavy (non-hydrogen) atoms. The van der Waals surface area contributed by atoms with Crippen molar-refractivity contribution in [3.8, 4) is 0 Å². The first kappa shape index (κ1) is 11.4. The summed E-state index contributed by atoms with van der Waals surface area (Å²) in [6, 6.07) is 5.33. The third kappa shape index (κ3) is 1.60. The summed E-state index contributed by atoms with van der Waals surface area (Å²) in [5.41, 5.74) is 6.68. The van der Waals surface area contributed by atoms with Gasteiger partial charge < -0.3 is 10.8 Å². The van der Waals surface area contributed by atoms with E-state index in [9.17, 15) is 9.90 Å². The van der Waals surface area contributed by atoms with E-state index in [1.807, 2.05) is 6.92 Å². The van der Waals surface area contributed by atoms with Gasteiger partial charge in [-0.1, -0.05) is 17.7 Å². The number of carboxylic acid groups (broad SMARTS) is 1. The first-order valence-corrected chi connectivity index (χ1v) is 5.59. The number of aryl methyl sites for hydroxylation is 1. The van der Waals surface area contributed by atoms with Crippen LogP contribution in [0.4, 0.5) is 0 Å². The van der Waals surface area contributed by atoms with Gasteiger partial charge in [-0.05, 0) is 43.0 Å². The Morgan fingerprint density at radius 3 is 2.62 bits per heavy atom. The summed E-state index contributed by atoms with van der Waals surface area (Å²) in [5.74, 6) is -0.792. The Kier molecular flexibility index (Phi) is 2.68. The van der Waals surface area contributed by atoms with Crippen LogP contribution in [0.2, 0.25) is 5.02 Å². The Labute approximate surface area is 99.2 Å². The molecule has 1 aromatic rings. The van der Waals surface area contributed by atoms with Crippen LogP contribution in [-0.2, 0) is 10.2 Å². The molecule has 3 N–H and O–H groups in total. The van der Waals surface area contributed by atoms with Crippen molar-refractivity contribution in [2.45, 2.75) is 31.2 Å². The minimum absolute atomic E-state index is 0.00817. The van der Waals surface area contributed by atoms with Gasteiger partial charge in [0.05, 0.1) is 5.41 Å². The van der Waals surface area contributed by atoms with Gasteiger partial charge in [0.15, 0.2) is 0 Å². The van der Waals surface area contributed by atoms with Gasteiger partial charge in [-0.25, -0.2) is 0 Å². The molecule has 86 valence electrons. The molecule has 0 unspecified atom stereocenters. The second-order valence-electron chi connectivity index (χ2n) is 4.51. The Balaban J connectivity index is 2.45. The average Bonchev–Trinajstić information content (AvgIpc) is 2.12. The fraction of sp³-hybridized carbons (Fsp3) is 0.417. The molecule has 0 radical (unpaired) electrons. The Morgan fingerprint density at radius 2 is 2.19 bits per heavy atom. The van der Waals surface area contributed by atoms with Crippen LogP contribution in [0, 0.1) is 6.92 Å². The second-order valence-corrected chi connectivity index (χ2v) is 4.95. The number of hydrogen-bond acceptors (Lipinski definition) is 2. The van der Waals surface area contributed by atoms with Crippen molar-refractivity contribution in [3.05, 3.63) is 34.3 Å². The summed E-state index contributed by atoms with van der Waals surface area (Å²) < 4.78 is 0. The maximum Gasteiger partial charge on any atom is 0.314 e. The van der Waals surface area contributed by atoms with Crippen LogP contribution < -0.4 is 5.73 Å². The Hall–Kier alpha value is -1.06. The molecule has 3 nitrogen and oxygen atoms in total. The number of carboxylic acids is 1. The number of hydrogen-bond donors (Lipinski definition) is 2.